The summed E-state index contributed by atoms with van der Waals surface area (Å²) in [5.41, 5.74) is 4.09. The van der Waals surface area contributed by atoms with Crippen LogP contribution in [-0.2, 0) is 14.9 Å². The molecule has 0 fully saturated rings. The van der Waals surface area contributed by atoms with Gasteiger partial charge >= 0.3 is 12.0 Å². The Balaban J connectivity index is 1.81. The Bertz CT molecular complexity index is 1110. The summed E-state index contributed by atoms with van der Waals surface area (Å²) in [4.78, 5) is 39.8. The summed E-state index contributed by atoms with van der Waals surface area (Å²) in [7, 11) is 0. The van der Waals surface area contributed by atoms with E-state index in [9.17, 15) is 14.4 Å². The smallest absolute Gasteiger partial charge is 0.338 e. The van der Waals surface area contributed by atoms with Gasteiger partial charge in [-0.15, -0.1) is 0 Å². The average molecular weight is 478 g/mol. The summed E-state index contributed by atoms with van der Waals surface area (Å²) in [6.45, 7) is 12.6. The van der Waals surface area contributed by atoms with Crippen molar-refractivity contribution in [3.63, 3.8) is 0 Å². The first-order chi connectivity index (χ1) is 16.6. The van der Waals surface area contributed by atoms with Crippen molar-refractivity contribution < 1.29 is 19.1 Å². The van der Waals surface area contributed by atoms with E-state index < -0.39 is 12.0 Å². The van der Waals surface area contributed by atoms with Crippen LogP contribution >= 0.6 is 0 Å². The van der Waals surface area contributed by atoms with E-state index in [2.05, 4.69) is 31.4 Å². The van der Waals surface area contributed by atoms with E-state index in [1.165, 1.54) is 0 Å². The van der Waals surface area contributed by atoms with E-state index in [-0.39, 0.29) is 24.0 Å². The van der Waals surface area contributed by atoms with Crippen LogP contribution in [0.15, 0.2) is 59.8 Å². The van der Waals surface area contributed by atoms with Gasteiger partial charge in [-0.25, -0.2) is 9.59 Å². The summed E-state index contributed by atoms with van der Waals surface area (Å²) in [5.74, 6) is -0.658. The first-order valence-corrected chi connectivity index (χ1v) is 12.0. The van der Waals surface area contributed by atoms with Crippen LogP contribution in [0.1, 0.15) is 75.5 Å². The molecule has 7 heteroatoms. The second kappa shape index (κ2) is 10.8. The predicted molar refractivity (Wildman–Crippen MR) is 137 cm³/mol. The molecule has 0 spiro atoms. The quantitative estimate of drug-likeness (QED) is 0.512. The number of esters is 1. The number of carbonyl (C=O) groups excluding carboxylic acids is 3. The largest absolute Gasteiger partial charge is 0.463 e. The third-order valence-corrected chi connectivity index (χ3v) is 6.05. The number of nitrogens with one attached hydrogen (secondary N) is 2. The lowest BCUT2D eigenvalue weighted by molar-refractivity contribution is -0.139. The number of anilines is 1. The molecule has 3 rings (SSSR count). The number of amides is 3. The van der Waals surface area contributed by atoms with Crippen LogP contribution in [0.4, 0.5) is 10.5 Å². The molecule has 1 atom stereocenters. The Morgan fingerprint density at radius 3 is 2.20 bits per heavy atom. The molecule has 2 aromatic carbocycles. The van der Waals surface area contributed by atoms with E-state index in [0.29, 0.717) is 29.1 Å². The molecule has 186 valence electrons. The molecule has 3 amide bonds. The number of urea groups is 1. The van der Waals surface area contributed by atoms with Gasteiger partial charge in [0.05, 0.1) is 18.2 Å². The van der Waals surface area contributed by atoms with Gasteiger partial charge in [-0.1, -0.05) is 52.0 Å². The van der Waals surface area contributed by atoms with Gasteiger partial charge in [0, 0.05) is 23.5 Å². The maximum absolute atomic E-state index is 12.8. The Morgan fingerprint density at radius 1 is 1.03 bits per heavy atom. The molecule has 1 aliphatic heterocycles. The third kappa shape index (κ3) is 5.91. The van der Waals surface area contributed by atoms with Crippen molar-refractivity contribution >= 4 is 23.6 Å². The fourth-order valence-electron chi connectivity index (χ4n) is 4.08. The number of allylic oxidation sites excluding steroid dienone is 1. The molecular weight excluding hydrogens is 442 g/mol. The number of ether oxygens (including phenoxy) is 1. The summed E-state index contributed by atoms with van der Waals surface area (Å²) in [6, 6.07) is 13.8. The van der Waals surface area contributed by atoms with E-state index in [0.717, 1.165) is 17.5 Å². The van der Waals surface area contributed by atoms with Gasteiger partial charge in [-0.2, -0.15) is 0 Å². The molecule has 0 bridgehead atoms. The highest BCUT2D eigenvalue weighted by Crippen LogP contribution is 2.32. The number of hydrogen-bond donors (Lipinski definition) is 2. The van der Waals surface area contributed by atoms with E-state index in [4.69, 9.17) is 4.74 Å². The Morgan fingerprint density at radius 2 is 1.66 bits per heavy atom. The Kier molecular flexibility index (Phi) is 7.99. The summed E-state index contributed by atoms with van der Waals surface area (Å²) in [5, 5.41) is 5.84. The van der Waals surface area contributed by atoms with Crippen molar-refractivity contribution in [1.29, 1.82) is 0 Å². The highest BCUT2D eigenvalue weighted by Gasteiger charge is 2.36. The molecule has 1 heterocycles. The maximum Gasteiger partial charge on any atom is 0.338 e. The second-order valence-electron chi connectivity index (χ2n) is 9.66. The standard InChI is InChI=1S/C28H35N3O4/c1-7-17-31-18(3)23(26(33)35-8-2)24(30-27(31)34)19-11-15-22(16-12-19)29-25(32)20-9-13-21(14-10-20)28(4,5)6/h9-16,24H,7-8,17H2,1-6H3,(H,29,32)(H,30,34). The molecule has 7 nitrogen and oxygen atoms in total. The maximum atomic E-state index is 12.8. The van der Waals surface area contributed by atoms with Crippen molar-refractivity contribution in [3.05, 3.63) is 76.5 Å². The van der Waals surface area contributed by atoms with Gasteiger partial charge in [0.1, 0.15) is 0 Å². The minimum Gasteiger partial charge on any atom is -0.463 e. The van der Waals surface area contributed by atoms with Crippen molar-refractivity contribution in [2.75, 3.05) is 18.5 Å². The number of rotatable bonds is 7. The Labute approximate surface area is 207 Å². The van der Waals surface area contributed by atoms with Gasteiger partial charge in [0.25, 0.3) is 5.91 Å². The van der Waals surface area contributed by atoms with E-state index >= 15 is 0 Å². The molecule has 0 radical (unpaired) electrons. The normalized spacial score (nSPS) is 16.1. The number of benzene rings is 2. The lowest BCUT2D eigenvalue weighted by Gasteiger charge is -2.35. The topological polar surface area (TPSA) is 87.7 Å². The molecule has 0 saturated carbocycles. The minimum absolute atomic E-state index is 0.0160. The molecule has 0 aliphatic carbocycles. The monoisotopic (exact) mass is 477 g/mol. The second-order valence-corrected chi connectivity index (χ2v) is 9.66. The molecule has 2 N–H and O–H groups in total. The zero-order chi connectivity index (χ0) is 25.8. The van der Waals surface area contributed by atoms with Crippen molar-refractivity contribution in [2.45, 2.75) is 59.4 Å². The summed E-state index contributed by atoms with van der Waals surface area (Å²) in [6.07, 6.45) is 0.763. The van der Waals surface area contributed by atoms with E-state index in [1.54, 1.807) is 43.0 Å². The van der Waals surface area contributed by atoms with Gasteiger partial charge < -0.3 is 15.4 Å². The molecular formula is C28H35N3O4. The van der Waals surface area contributed by atoms with E-state index in [1.807, 2.05) is 31.2 Å². The van der Waals surface area contributed by atoms with Crippen molar-refractivity contribution in [3.8, 4) is 0 Å². The number of nitrogens with zero attached hydrogens (tertiary/aromatic N) is 1. The third-order valence-electron chi connectivity index (χ3n) is 6.05. The van der Waals surface area contributed by atoms with Crippen molar-refractivity contribution in [1.82, 2.24) is 10.2 Å². The Hall–Kier alpha value is -3.61. The zero-order valence-corrected chi connectivity index (χ0v) is 21.4. The zero-order valence-electron chi connectivity index (χ0n) is 21.4. The molecule has 2 aromatic rings. The first kappa shape index (κ1) is 26.0. The van der Waals surface area contributed by atoms with Gasteiger partial charge in [0.15, 0.2) is 0 Å². The first-order valence-electron chi connectivity index (χ1n) is 12.0. The minimum atomic E-state index is -0.635. The lowest BCUT2D eigenvalue weighted by Crippen LogP contribution is -2.48. The van der Waals surface area contributed by atoms with Gasteiger partial charge in [-0.05, 0) is 61.1 Å². The van der Waals surface area contributed by atoms with Crippen LogP contribution in [0.3, 0.4) is 0 Å². The highest BCUT2D eigenvalue weighted by atomic mass is 16.5. The van der Waals surface area contributed by atoms with Crippen LogP contribution in [0, 0.1) is 0 Å². The van der Waals surface area contributed by atoms with Crippen LogP contribution in [0.2, 0.25) is 0 Å². The molecule has 0 aromatic heterocycles. The summed E-state index contributed by atoms with van der Waals surface area (Å²) < 4.78 is 5.29. The van der Waals surface area contributed by atoms with Crippen LogP contribution in [0.5, 0.6) is 0 Å². The molecule has 35 heavy (non-hydrogen) atoms. The SMILES string of the molecule is CCCN1C(=O)NC(c2ccc(NC(=O)c3ccc(C(C)(C)C)cc3)cc2)C(C(=O)OCC)=C1C. The highest BCUT2D eigenvalue weighted by molar-refractivity contribution is 6.04. The van der Waals surface area contributed by atoms with Crippen LogP contribution in [0.25, 0.3) is 0 Å². The molecule has 1 unspecified atom stereocenters. The summed E-state index contributed by atoms with van der Waals surface area (Å²) >= 11 is 0. The van der Waals surface area contributed by atoms with Gasteiger partial charge in [-0.3, -0.25) is 9.69 Å². The predicted octanol–water partition coefficient (Wildman–Crippen LogP) is 5.55. The number of hydrogen-bond acceptors (Lipinski definition) is 4. The average Bonchev–Trinajstić information content (AvgIpc) is 2.81. The lowest BCUT2D eigenvalue weighted by atomic mass is 9.87. The molecule has 1 aliphatic rings. The fraction of sp³-hybridized carbons (Fsp3) is 0.393. The number of carbonyl (C=O) groups is 3. The van der Waals surface area contributed by atoms with Crippen molar-refractivity contribution in [2.24, 2.45) is 0 Å². The molecule has 0 saturated heterocycles. The van der Waals surface area contributed by atoms with Crippen LogP contribution < -0.4 is 10.6 Å². The fourth-order valence-corrected chi connectivity index (χ4v) is 4.08. The van der Waals surface area contributed by atoms with Crippen LogP contribution in [-0.4, -0.2) is 36.0 Å². The van der Waals surface area contributed by atoms with Gasteiger partial charge in [0.2, 0.25) is 0 Å².